The van der Waals surface area contributed by atoms with Gasteiger partial charge in [0.05, 0.1) is 18.3 Å². The van der Waals surface area contributed by atoms with Crippen LogP contribution in [0.4, 0.5) is 0 Å². The Morgan fingerprint density at radius 2 is 2.37 bits per heavy atom. The molecular formula is C14H18N2O3. The van der Waals surface area contributed by atoms with Gasteiger partial charge >= 0.3 is 0 Å². The fourth-order valence-corrected chi connectivity index (χ4v) is 2.43. The highest BCUT2D eigenvalue weighted by Gasteiger charge is 2.41. The van der Waals surface area contributed by atoms with Crippen LogP contribution >= 0.6 is 0 Å². The van der Waals surface area contributed by atoms with Crippen LogP contribution in [0.5, 0.6) is 0 Å². The van der Waals surface area contributed by atoms with Gasteiger partial charge in [0, 0.05) is 18.3 Å². The Bertz CT molecular complexity index is 479. The first kappa shape index (κ1) is 13.7. The fraction of sp³-hybridized carbons (Fsp3) is 0.429. The van der Waals surface area contributed by atoms with Gasteiger partial charge in [0.1, 0.15) is 5.76 Å². The summed E-state index contributed by atoms with van der Waals surface area (Å²) in [5.74, 6) is 0.197. The van der Waals surface area contributed by atoms with Crippen LogP contribution in [0.2, 0.25) is 0 Å². The first-order valence-electron chi connectivity index (χ1n) is 6.27. The van der Waals surface area contributed by atoms with E-state index in [-0.39, 0.29) is 12.1 Å². The number of carbonyl (C=O) groups is 2. The molecule has 19 heavy (non-hydrogen) atoms. The molecule has 0 aliphatic carbocycles. The van der Waals surface area contributed by atoms with E-state index >= 15 is 0 Å². The quantitative estimate of drug-likeness (QED) is 0.635. The standard InChI is InChI=1S/C14H18N2O3/c1-9(2)16-8-15-13(14(16)11(18)7-17)10(3)12-5-4-6-19-12/h4-7,9,13-15H,3,8H2,1-2H3. The van der Waals surface area contributed by atoms with Crippen molar-refractivity contribution in [1.82, 2.24) is 10.2 Å². The summed E-state index contributed by atoms with van der Waals surface area (Å²) < 4.78 is 5.31. The molecule has 0 aromatic carbocycles. The van der Waals surface area contributed by atoms with Crippen molar-refractivity contribution in [2.75, 3.05) is 6.67 Å². The second-order valence-corrected chi connectivity index (χ2v) is 4.92. The second kappa shape index (κ2) is 5.50. The summed E-state index contributed by atoms with van der Waals surface area (Å²) in [7, 11) is 0. The molecule has 2 heterocycles. The molecule has 2 unspecified atom stereocenters. The topological polar surface area (TPSA) is 62.6 Å². The molecule has 5 nitrogen and oxygen atoms in total. The van der Waals surface area contributed by atoms with Crippen molar-refractivity contribution >= 4 is 17.6 Å². The SMILES string of the molecule is C=C(c1ccco1)C1NCN(C(C)C)C1C(=O)C=O. The van der Waals surface area contributed by atoms with E-state index in [0.717, 1.165) is 0 Å². The van der Waals surface area contributed by atoms with E-state index < -0.39 is 11.8 Å². The molecule has 1 aromatic rings. The van der Waals surface area contributed by atoms with Crippen LogP contribution in [0.25, 0.3) is 5.57 Å². The summed E-state index contributed by atoms with van der Waals surface area (Å²) in [6, 6.07) is 2.91. The Morgan fingerprint density at radius 3 is 2.89 bits per heavy atom. The lowest BCUT2D eigenvalue weighted by Crippen LogP contribution is -2.46. The molecule has 1 aliphatic heterocycles. The zero-order chi connectivity index (χ0) is 14.0. The van der Waals surface area contributed by atoms with Crippen molar-refractivity contribution in [1.29, 1.82) is 0 Å². The third-order valence-corrected chi connectivity index (χ3v) is 3.45. The van der Waals surface area contributed by atoms with Crippen LogP contribution in [0.15, 0.2) is 29.4 Å². The Hall–Kier alpha value is -1.72. The van der Waals surface area contributed by atoms with Gasteiger partial charge in [0.25, 0.3) is 0 Å². The number of hydrogen-bond acceptors (Lipinski definition) is 5. The number of ketones is 1. The van der Waals surface area contributed by atoms with Gasteiger partial charge in [-0.25, -0.2) is 0 Å². The summed E-state index contributed by atoms with van der Waals surface area (Å²) in [6.45, 7) is 8.52. The van der Waals surface area contributed by atoms with Crippen molar-refractivity contribution in [3.8, 4) is 0 Å². The number of Topliss-reactive ketones (excluding diaryl/α,β-unsaturated/α-hetero) is 1. The van der Waals surface area contributed by atoms with E-state index in [1.54, 1.807) is 18.4 Å². The minimum Gasteiger partial charge on any atom is -0.465 e. The van der Waals surface area contributed by atoms with Crippen LogP contribution in [-0.4, -0.2) is 41.8 Å². The Balaban J connectivity index is 2.27. The van der Waals surface area contributed by atoms with Gasteiger partial charge in [-0.1, -0.05) is 6.58 Å². The smallest absolute Gasteiger partial charge is 0.214 e. The van der Waals surface area contributed by atoms with Gasteiger partial charge in [-0.3, -0.25) is 19.8 Å². The predicted molar refractivity (Wildman–Crippen MR) is 71.4 cm³/mol. The van der Waals surface area contributed by atoms with Gasteiger partial charge in [-0.2, -0.15) is 0 Å². The van der Waals surface area contributed by atoms with Gasteiger partial charge in [0.15, 0.2) is 6.29 Å². The van der Waals surface area contributed by atoms with E-state index in [1.165, 1.54) is 0 Å². The van der Waals surface area contributed by atoms with Crippen molar-refractivity contribution < 1.29 is 14.0 Å². The largest absolute Gasteiger partial charge is 0.465 e. The maximum absolute atomic E-state index is 11.9. The van der Waals surface area contributed by atoms with Gasteiger partial charge < -0.3 is 4.42 Å². The monoisotopic (exact) mass is 262 g/mol. The number of aldehydes is 1. The number of hydrogen-bond donors (Lipinski definition) is 1. The first-order chi connectivity index (χ1) is 9.06. The van der Waals surface area contributed by atoms with E-state index in [2.05, 4.69) is 11.9 Å². The molecule has 5 heteroatoms. The molecule has 1 aliphatic rings. The Labute approximate surface area is 112 Å². The summed E-state index contributed by atoms with van der Waals surface area (Å²) >= 11 is 0. The highest BCUT2D eigenvalue weighted by molar-refractivity contribution is 6.28. The highest BCUT2D eigenvalue weighted by Crippen LogP contribution is 2.26. The number of furan rings is 1. The number of nitrogens with one attached hydrogen (secondary N) is 1. The van der Waals surface area contributed by atoms with Gasteiger partial charge in [-0.15, -0.1) is 0 Å². The van der Waals surface area contributed by atoms with Gasteiger partial charge in [-0.05, 0) is 26.0 Å². The predicted octanol–water partition coefficient (Wildman–Crippen LogP) is 1.07. The van der Waals surface area contributed by atoms with E-state index in [9.17, 15) is 9.59 Å². The average molecular weight is 262 g/mol. The second-order valence-electron chi connectivity index (χ2n) is 4.92. The maximum Gasteiger partial charge on any atom is 0.214 e. The summed E-state index contributed by atoms with van der Waals surface area (Å²) in [4.78, 5) is 24.7. The molecule has 2 atom stereocenters. The Morgan fingerprint density at radius 1 is 1.63 bits per heavy atom. The zero-order valence-electron chi connectivity index (χ0n) is 11.1. The third kappa shape index (κ3) is 2.52. The van der Waals surface area contributed by atoms with Crippen LogP contribution in [0.1, 0.15) is 19.6 Å². The average Bonchev–Trinajstić information content (AvgIpc) is 3.05. The molecular weight excluding hydrogens is 244 g/mol. The van der Waals surface area contributed by atoms with Crippen molar-refractivity contribution in [3.63, 3.8) is 0 Å². The molecule has 102 valence electrons. The molecule has 1 fully saturated rings. The molecule has 1 saturated heterocycles. The molecule has 2 rings (SSSR count). The number of carbonyl (C=O) groups excluding carboxylic acids is 2. The lowest BCUT2D eigenvalue weighted by molar-refractivity contribution is -0.133. The normalized spacial score (nSPS) is 23.7. The van der Waals surface area contributed by atoms with Crippen molar-refractivity contribution in [3.05, 3.63) is 30.7 Å². The highest BCUT2D eigenvalue weighted by atomic mass is 16.3. The van der Waals surface area contributed by atoms with E-state index in [4.69, 9.17) is 4.42 Å². The minimum absolute atomic E-state index is 0.163. The molecule has 0 spiro atoms. The third-order valence-electron chi connectivity index (χ3n) is 3.45. The molecule has 0 amide bonds. The number of nitrogens with zero attached hydrogens (tertiary/aromatic N) is 1. The van der Waals surface area contributed by atoms with E-state index in [0.29, 0.717) is 24.3 Å². The van der Waals surface area contributed by atoms with Crippen molar-refractivity contribution in [2.24, 2.45) is 0 Å². The summed E-state index contributed by atoms with van der Waals surface area (Å²) in [5, 5.41) is 3.23. The van der Waals surface area contributed by atoms with Crippen LogP contribution in [-0.2, 0) is 9.59 Å². The first-order valence-corrected chi connectivity index (χ1v) is 6.27. The molecule has 0 radical (unpaired) electrons. The summed E-state index contributed by atoms with van der Waals surface area (Å²) in [6.07, 6.45) is 1.95. The lowest BCUT2D eigenvalue weighted by Gasteiger charge is -2.27. The number of rotatable bonds is 5. The zero-order valence-corrected chi connectivity index (χ0v) is 11.1. The molecule has 0 saturated carbocycles. The maximum atomic E-state index is 11.9. The van der Waals surface area contributed by atoms with Crippen molar-refractivity contribution in [2.45, 2.75) is 32.0 Å². The van der Waals surface area contributed by atoms with Crippen LogP contribution < -0.4 is 5.32 Å². The van der Waals surface area contributed by atoms with Crippen LogP contribution in [0.3, 0.4) is 0 Å². The lowest BCUT2D eigenvalue weighted by atomic mass is 9.96. The summed E-state index contributed by atoms with van der Waals surface area (Å²) in [5.41, 5.74) is 0.688. The van der Waals surface area contributed by atoms with Crippen LogP contribution in [0, 0.1) is 0 Å². The van der Waals surface area contributed by atoms with E-state index in [1.807, 2.05) is 18.7 Å². The fourth-order valence-electron chi connectivity index (χ4n) is 2.43. The minimum atomic E-state index is -0.518. The molecule has 0 bridgehead atoms. The van der Waals surface area contributed by atoms with Gasteiger partial charge in [0.2, 0.25) is 5.78 Å². The molecule has 1 N–H and O–H groups in total. The Kier molecular flexibility index (Phi) is 3.97. The molecule has 1 aromatic heterocycles.